The second-order valence-electron chi connectivity index (χ2n) is 3.49. The maximum atomic E-state index is 6.12. The van der Waals surface area contributed by atoms with Crippen molar-refractivity contribution in [3.05, 3.63) is 33.3 Å². The Morgan fingerprint density at radius 3 is 2.92 bits per heavy atom. The fourth-order valence-corrected chi connectivity index (χ4v) is 2.12. The summed E-state index contributed by atoms with van der Waals surface area (Å²) in [5, 5.41) is 4.77. The van der Waals surface area contributed by atoms with Gasteiger partial charge >= 0.3 is 0 Å². The van der Waals surface area contributed by atoms with Gasteiger partial charge in [-0.3, -0.25) is 0 Å². The highest BCUT2D eigenvalue weighted by Gasteiger charge is 2.17. The van der Waals surface area contributed by atoms with E-state index in [1.54, 1.807) is 0 Å². The molecule has 1 aromatic rings. The van der Waals surface area contributed by atoms with Gasteiger partial charge in [0.2, 0.25) is 0 Å². The van der Waals surface area contributed by atoms with Gasteiger partial charge in [-0.2, -0.15) is 0 Å². The normalized spacial score (nSPS) is 21.3. The van der Waals surface area contributed by atoms with Crippen LogP contribution in [0.2, 0.25) is 10.0 Å². The summed E-state index contributed by atoms with van der Waals surface area (Å²) in [5.74, 6) is 0. The van der Waals surface area contributed by atoms with Crippen LogP contribution in [0.4, 0.5) is 0 Å². The van der Waals surface area contributed by atoms with Gasteiger partial charge in [-0.25, -0.2) is 0 Å². The van der Waals surface area contributed by atoms with E-state index in [0.717, 1.165) is 18.0 Å². The predicted octanol–water partition coefficient (Wildman–Crippen LogP) is 3.03. The van der Waals surface area contributed by atoms with Crippen LogP contribution in [0.25, 0.3) is 0 Å². The molecule has 1 aromatic carbocycles. The molecule has 1 unspecified atom stereocenters. The minimum Gasteiger partial charge on any atom is -0.310 e. The van der Waals surface area contributed by atoms with Gasteiger partial charge in [0.25, 0.3) is 0 Å². The minimum absolute atomic E-state index is 0.489. The van der Waals surface area contributed by atoms with E-state index in [1.165, 1.54) is 11.1 Å². The molecule has 0 spiro atoms. The van der Waals surface area contributed by atoms with Crippen molar-refractivity contribution in [3.63, 3.8) is 0 Å². The van der Waals surface area contributed by atoms with Crippen LogP contribution < -0.4 is 5.32 Å². The number of hydrogen-bond donors (Lipinski definition) is 1. The Kier molecular flexibility index (Phi) is 2.50. The Hall–Kier alpha value is -0.240. The molecule has 2 rings (SSSR count). The molecule has 1 heterocycles. The molecule has 0 aliphatic carbocycles. The Labute approximate surface area is 88.0 Å². The van der Waals surface area contributed by atoms with E-state index in [0.29, 0.717) is 11.1 Å². The van der Waals surface area contributed by atoms with E-state index < -0.39 is 0 Å². The molecule has 1 nitrogen and oxygen atoms in total. The summed E-state index contributed by atoms with van der Waals surface area (Å²) in [5.41, 5.74) is 2.48. The highest BCUT2D eigenvalue weighted by Crippen LogP contribution is 2.31. The Morgan fingerprint density at radius 1 is 1.38 bits per heavy atom. The molecule has 0 aromatic heterocycles. The second-order valence-corrected chi connectivity index (χ2v) is 4.27. The number of hydrogen-bond acceptors (Lipinski definition) is 1. The van der Waals surface area contributed by atoms with Crippen LogP contribution in [0.5, 0.6) is 0 Å². The van der Waals surface area contributed by atoms with Crippen LogP contribution in [-0.2, 0) is 13.0 Å². The van der Waals surface area contributed by atoms with Gasteiger partial charge in [0, 0.05) is 12.6 Å². The standard InChI is InChI=1S/C10H11Cl2N/c1-6-4-8-7(5-13-6)2-3-9(11)10(8)12/h2-3,6,13H,4-5H2,1H3. The molecule has 3 heteroatoms. The molecule has 13 heavy (non-hydrogen) atoms. The fraction of sp³-hybridized carbons (Fsp3) is 0.400. The summed E-state index contributed by atoms with van der Waals surface area (Å²) in [6.45, 7) is 3.05. The average Bonchev–Trinajstić information content (AvgIpc) is 2.12. The molecule has 1 atom stereocenters. The molecule has 1 N–H and O–H groups in total. The van der Waals surface area contributed by atoms with Gasteiger partial charge in [0.15, 0.2) is 0 Å². The van der Waals surface area contributed by atoms with Crippen molar-refractivity contribution in [2.45, 2.75) is 25.9 Å². The van der Waals surface area contributed by atoms with Crippen molar-refractivity contribution >= 4 is 23.2 Å². The second kappa shape index (κ2) is 3.49. The molecular formula is C10H11Cl2N. The summed E-state index contributed by atoms with van der Waals surface area (Å²) >= 11 is 12.1. The average molecular weight is 216 g/mol. The van der Waals surface area contributed by atoms with E-state index >= 15 is 0 Å². The number of benzene rings is 1. The zero-order chi connectivity index (χ0) is 9.42. The molecule has 0 saturated carbocycles. The van der Waals surface area contributed by atoms with Crippen molar-refractivity contribution in [3.8, 4) is 0 Å². The van der Waals surface area contributed by atoms with Gasteiger partial charge in [-0.1, -0.05) is 29.3 Å². The summed E-state index contributed by atoms with van der Waals surface area (Å²) in [6.07, 6.45) is 0.967. The zero-order valence-corrected chi connectivity index (χ0v) is 8.91. The molecule has 1 aliphatic rings. The highest BCUT2D eigenvalue weighted by atomic mass is 35.5. The SMILES string of the molecule is CC1Cc2c(ccc(Cl)c2Cl)CN1. The third-order valence-electron chi connectivity index (χ3n) is 2.44. The van der Waals surface area contributed by atoms with E-state index in [1.807, 2.05) is 12.1 Å². The van der Waals surface area contributed by atoms with Gasteiger partial charge in [0.1, 0.15) is 0 Å². The maximum Gasteiger partial charge on any atom is 0.0628 e. The Balaban J connectivity index is 2.48. The first-order valence-corrected chi connectivity index (χ1v) is 5.13. The van der Waals surface area contributed by atoms with Crippen LogP contribution in [0.3, 0.4) is 0 Å². The predicted molar refractivity (Wildman–Crippen MR) is 56.5 cm³/mol. The maximum absolute atomic E-state index is 6.12. The molecule has 0 fully saturated rings. The van der Waals surface area contributed by atoms with E-state index in [-0.39, 0.29) is 0 Å². The molecular weight excluding hydrogens is 205 g/mol. The number of fused-ring (bicyclic) bond motifs is 1. The lowest BCUT2D eigenvalue weighted by Gasteiger charge is -2.24. The first-order valence-electron chi connectivity index (χ1n) is 4.37. The number of halogens is 2. The van der Waals surface area contributed by atoms with Crippen LogP contribution in [-0.4, -0.2) is 6.04 Å². The Bertz CT molecular complexity index is 336. The van der Waals surface area contributed by atoms with Gasteiger partial charge in [-0.05, 0) is 30.5 Å². The number of nitrogens with one attached hydrogen (secondary N) is 1. The number of rotatable bonds is 0. The topological polar surface area (TPSA) is 12.0 Å². The summed E-state index contributed by atoms with van der Waals surface area (Å²) < 4.78 is 0. The summed E-state index contributed by atoms with van der Waals surface area (Å²) in [4.78, 5) is 0. The fourth-order valence-electron chi connectivity index (χ4n) is 1.68. The van der Waals surface area contributed by atoms with E-state index in [2.05, 4.69) is 12.2 Å². The van der Waals surface area contributed by atoms with Gasteiger partial charge < -0.3 is 5.32 Å². The first kappa shape index (κ1) is 9.32. The molecule has 1 aliphatic heterocycles. The first-order chi connectivity index (χ1) is 6.18. The van der Waals surface area contributed by atoms with Crippen molar-refractivity contribution < 1.29 is 0 Å². The molecule has 0 bridgehead atoms. The molecule has 70 valence electrons. The van der Waals surface area contributed by atoms with Crippen LogP contribution in [0.15, 0.2) is 12.1 Å². The monoisotopic (exact) mass is 215 g/mol. The molecule has 0 radical (unpaired) electrons. The smallest absolute Gasteiger partial charge is 0.0628 e. The minimum atomic E-state index is 0.489. The third kappa shape index (κ3) is 1.69. The quantitative estimate of drug-likeness (QED) is 0.702. The third-order valence-corrected chi connectivity index (χ3v) is 3.29. The molecule has 0 amide bonds. The lowest BCUT2D eigenvalue weighted by Crippen LogP contribution is -2.32. The lowest BCUT2D eigenvalue weighted by atomic mass is 9.97. The van der Waals surface area contributed by atoms with Gasteiger partial charge in [-0.15, -0.1) is 0 Å². The van der Waals surface area contributed by atoms with Crippen molar-refractivity contribution in [2.24, 2.45) is 0 Å². The van der Waals surface area contributed by atoms with Crippen LogP contribution in [0.1, 0.15) is 18.1 Å². The Morgan fingerprint density at radius 2 is 2.15 bits per heavy atom. The molecule has 0 saturated heterocycles. The summed E-state index contributed by atoms with van der Waals surface area (Å²) in [7, 11) is 0. The van der Waals surface area contributed by atoms with E-state index in [9.17, 15) is 0 Å². The van der Waals surface area contributed by atoms with Gasteiger partial charge in [0.05, 0.1) is 10.0 Å². The highest BCUT2D eigenvalue weighted by molar-refractivity contribution is 6.42. The van der Waals surface area contributed by atoms with Crippen LogP contribution >= 0.6 is 23.2 Å². The summed E-state index contributed by atoms with van der Waals surface area (Å²) in [6, 6.07) is 4.39. The lowest BCUT2D eigenvalue weighted by molar-refractivity contribution is 0.514. The van der Waals surface area contributed by atoms with Crippen molar-refractivity contribution in [2.75, 3.05) is 0 Å². The van der Waals surface area contributed by atoms with Crippen molar-refractivity contribution in [1.82, 2.24) is 5.32 Å². The van der Waals surface area contributed by atoms with Crippen molar-refractivity contribution in [1.29, 1.82) is 0 Å². The van der Waals surface area contributed by atoms with Crippen LogP contribution in [0, 0.1) is 0 Å². The zero-order valence-electron chi connectivity index (χ0n) is 7.40. The largest absolute Gasteiger partial charge is 0.310 e. The van der Waals surface area contributed by atoms with E-state index in [4.69, 9.17) is 23.2 Å².